The first-order chi connectivity index (χ1) is 26.7. The Balaban J connectivity index is 1.30. The second kappa shape index (κ2) is 15.7. The van der Waals surface area contributed by atoms with Crippen LogP contribution >= 0.6 is 11.6 Å². The molecular formula is C42H44ClF3N6O4. The number of benzene rings is 3. The van der Waals surface area contributed by atoms with Gasteiger partial charge in [0.05, 0.1) is 36.0 Å². The first kappa shape index (κ1) is 39.0. The Hall–Kier alpha value is -5.30. The number of alkyl halides is 3. The summed E-state index contributed by atoms with van der Waals surface area (Å²) in [7, 11) is 3.19. The number of carbonyl (C=O) groups is 1. The quantitative estimate of drug-likeness (QED) is 0.137. The molecule has 7 rings (SSSR count). The molecule has 0 radical (unpaired) electrons. The van der Waals surface area contributed by atoms with Gasteiger partial charge in [-0.1, -0.05) is 35.9 Å². The Morgan fingerprint density at radius 1 is 0.857 bits per heavy atom. The van der Waals surface area contributed by atoms with Gasteiger partial charge in [0.2, 0.25) is 0 Å². The molecule has 5 aromatic rings. The lowest BCUT2D eigenvalue weighted by atomic mass is 9.96. The number of amides is 1. The van der Waals surface area contributed by atoms with E-state index in [-0.39, 0.29) is 33.9 Å². The number of halogens is 4. The fourth-order valence-electron chi connectivity index (χ4n) is 6.97. The molecule has 1 aliphatic heterocycles. The number of ether oxygens (including phenoxy) is 3. The molecule has 2 fully saturated rings. The average molecular weight is 789 g/mol. The van der Waals surface area contributed by atoms with Crippen LogP contribution in [0.4, 0.5) is 29.6 Å². The lowest BCUT2D eigenvalue weighted by Crippen LogP contribution is -2.50. The van der Waals surface area contributed by atoms with Crippen LogP contribution in [0, 0.1) is 0 Å². The lowest BCUT2D eigenvalue weighted by molar-refractivity contribution is -0.137. The summed E-state index contributed by atoms with van der Waals surface area (Å²) in [6.07, 6.45) is -2.41. The van der Waals surface area contributed by atoms with E-state index in [4.69, 9.17) is 30.8 Å². The minimum absolute atomic E-state index is 0.0923. The van der Waals surface area contributed by atoms with Gasteiger partial charge in [-0.05, 0) is 98.7 Å². The van der Waals surface area contributed by atoms with E-state index in [9.17, 15) is 4.79 Å². The highest BCUT2D eigenvalue weighted by molar-refractivity contribution is 6.34. The van der Waals surface area contributed by atoms with Crippen LogP contribution in [0.3, 0.4) is 0 Å². The first-order valence-electron chi connectivity index (χ1n) is 18.5. The number of aromatic nitrogens is 3. The molecule has 0 unspecified atom stereocenters. The topological polar surface area (TPSA) is 93.2 Å². The largest absolute Gasteiger partial charge is 0.497 e. The molecule has 3 heterocycles. The number of fused-ring (bicyclic) bond motifs is 1. The zero-order valence-electron chi connectivity index (χ0n) is 32.0. The summed E-state index contributed by atoms with van der Waals surface area (Å²) in [5, 5.41) is 0.675. The highest BCUT2D eigenvalue weighted by atomic mass is 35.5. The van der Waals surface area contributed by atoms with Crippen LogP contribution in [0.25, 0.3) is 22.2 Å². The van der Waals surface area contributed by atoms with Crippen molar-refractivity contribution in [2.45, 2.75) is 64.4 Å². The van der Waals surface area contributed by atoms with Gasteiger partial charge in [-0.2, -0.15) is 13.2 Å². The van der Waals surface area contributed by atoms with E-state index in [1.54, 1.807) is 37.3 Å². The van der Waals surface area contributed by atoms with Crippen molar-refractivity contribution in [1.82, 2.24) is 19.9 Å². The van der Waals surface area contributed by atoms with Crippen molar-refractivity contribution < 1.29 is 32.2 Å². The number of pyridine rings is 1. The summed E-state index contributed by atoms with van der Waals surface area (Å²) in [4.78, 5) is 32.2. The molecule has 1 saturated heterocycles. The van der Waals surface area contributed by atoms with Gasteiger partial charge in [-0.25, -0.2) is 19.7 Å². The maximum atomic E-state index is 15.3. The second-order valence-corrected chi connectivity index (χ2v) is 15.5. The van der Waals surface area contributed by atoms with Gasteiger partial charge in [0.1, 0.15) is 35.1 Å². The molecule has 10 nitrogen and oxygen atoms in total. The first-order valence-corrected chi connectivity index (χ1v) is 18.9. The molecule has 0 spiro atoms. The number of hydrogen-bond donors (Lipinski definition) is 0. The zero-order chi connectivity index (χ0) is 39.8. The normalized spacial score (nSPS) is 14.9. The maximum Gasteiger partial charge on any atom is 0.418 e. The fourth-order valence-corrected chi connectivity index (χ4v) is 7.22. The van der Waals surface area contributed by atoms with E-state index in [1.165, 1.54) is 6.33 Å². The molecule has 0 bridgehead atoms. The smallest absolute Gasteiger partial charge is 0.418 e. The number of anilines is 2. The monoisotopic (exact) mass is 788 g/mol. The third-order valence-corrected chi connectivity index (χ3v) is 10.2. The van der Waals surface area contributed by atoms with Crippen LogP contribution in [0.2, 0.25) is 5.02 Å². The summed E-state index contributed by atoms with van der Waals surface area (Å²) >= 11 is 7.00. The van der Waals surface area contributed by atoms with Crippen molar-refractivity contribution in [3.63, 3.8) is 0 Å². The van der Waals surface area contributed by atoms with E-state index in [1.807, 2.05) is 79.1 Å². The third-order valence-electron chi connectivity index (χ3n) is 9.92. The van der Waals surface area contributed by atoms with E-state index < -0.39 is 17.3 Å². The van der Waals surface area contributed by atoms with Crippen molar-refractivity contribution in [3.8, 4) is 22.8 Å². The molecule has 1 aliphatic carbocycles. The average Bonchev–Trinajstić information content (AvgIpc) is 4.02. The standard InChI is InChI=1S/C42H44ClF3N6O4/c1-41(2,3)56-40(53)51-18-16-50(17-19-51)39-33-20-34(43)32(21-35(33)47-25-48-39)38-37(42(44,45)46)31(28-10-11-28)22-36(49-38)52(23-26-6-12-29(54-4)13-7-26)24-27-8-14-30(55-5)15-9-27/h6-9,12-15,20-22,25,28H,10-11,16-19,23-24H2,1-5H3. The minimum atomic E-state index is -4.71. The van der Waals surface area contributed by atoms with Crippen LogP contribution in [-0.4, -0.2) is 71.9 Å². The molecule has 0 N–H and O–H groups in total. The Labute approximate surface area is 329 Å². The Morgan fingerprint density at radius 2 is 1.45 bits per heavy atom. The van der Waals surface area contributed by atoms with Crippen molar-refractivity contribution >= 4 is 40.2 Å². The van der Waals surface area contributed by atoms with Gasteiger partial charge >= 0.3 is 12.3 Å². The molecule has 1 amide bonds. The second-order valence-electron chi connectivity index (χ2n) is 15.1. The van der Waals surface area contributed by atoms with Gasteiger partial charge in [0.15, 0.2) is 0 Å². The number of piperazine rings is 1. The van der Waals surface area contributed by atoms with E-state index in [0.717, 1.165) is 11.1 Å². The third kappa shape index (κ3) is 8.72. The summed E-state index contributed by atoms with van der Waals surface area (Å²) in [5.74, 6) is 2.10. The molecule has 2 aromatic heterocycles. The van der Waals surface area contributed by atoms with Gasteiger partial charge in [-0.15, -0.1) is 0 Å². The number of nitrogens with zero attached hydrogens (tertiary/aromatic N) is 6. The molecular weight excluding hydrogens is 745 g/mol. The SMILES string of the molecule is COc1ccc(CN(Cc2ccc(OC)cc2)c2cc(C3CC3)c(C(F)(F)F)c(-c3cc4ncnc(N5CCN(C(=O)OC(C)(C)C)CC5)c4cc3Cl)n2)cc1. The Bertz CT molecular complexity index is 2150. The summed E-state index contributed by atoms with van der Waals surface area (Å²) in [6, 6.07) is 20.0. The number of carbonyl (C=O) groups excluding carboxylic acids is 1. The molecule has 1 saturated carbocycles. The fraction of sp³-hybridized carbons (Fsp3) is 0.381. The summed E-state index contributed by atoms with van der Waals surface area (Å²) in [6.45, 7) is 7.95. The maximum absolute atomic E-state index is 15.3. The van der Waals surface area contributed by atoms with Crippen LogP contribution in [0.1, 0.15) is 61.8 Å². The number of rotatable bonds is 10. The molecule has 0 atom stereocenters. The van der Waals surface area contributed by atoms with E-state index in [2.05, 4.69) is 9.97 Å². The highest BCUT2D eigenvalue weighted by Gasteiger charge is 2.43. The Kier molecular flexibility index (Phi) is 10.9. The number of methoxy groups -OCH3 is 2. The van der Waals surface area contributed by atoms with Crippen LogP contribution in [0.15, 0.2) is 73.1 Å². The van der Waals surface area contributed by atoms with Gasteiger partial charge < -0.3 is 28.9 Å². The molecule has 3 aromatic carbocycles. The van der Waals surface area contributed by atoms with Crippen molar-refractivity contribution in [2.75, 3.05) is 50.2 Å². The van der Waals surface area contributed by atoms with Gasteiger partial charge in [-0.3, -0.25) is 0 Å². The molecule has 2 aliphatic rings. The van der Waals surface area contributed by atoms with Crippen LogP contribution in [-0.2, 0) is 24.0 Å². The van der Waals surface area contributed by atoms with Crippen LogP contribution < -0.4 is 19.3 Å². The highest BCUT2D eigenvalue weighted by Crippen LogP contribution is 2.51. The van der Waals surface area contributed by atoms with Gasteiger partial charge in [0, 0.05) is 50.2 Å². The minimum Gasteiger partial charge on any atom is -0.497 e. The summed E-state index contributed by atoms with van der Waals surface area (Å²) in [5.41, 5.74) is 0.960. The zero-order valence-corrected chi connectivity index (χ0v) is 32.7. The summed E-state index contributed by atoms with van der Waals surface area (Å²) < 4.78 is 62.1. The Morgan fingerprint density at radius 3 is 1.96 bits per heavy atom. The van der Waals surface area contributed by atoms with E-state index in [0.29, 0.717) is 86.1 Å². The van der Waals surface area contributed by atoms with Crippen molar-refractivity contribution in [2.24, 2.45) is 0 Å². The predicted molar refractivity (Wildman–Crippen MR) is 211 cm³/mol. The molecule has 56 heavy (non-hydrogen) atoms. The molecule has 14 heteroatoms. The number of hydrogen-bond acceptors (Lipinski definition) is 9. The van der Waals surface area contributed by atoms with Crippen molar-refractivity contribution in [3.05, 3.63) is 100 Å². The van der Waals surface area contributed by atoms with E-state index >= 15 is 13.2 Å². The predicted octanol–water partition coefficient (Wildman–Crippen LogP) is 9.52. The van der Waals surface area contributed by atoms with Crippen molar-refractivity contribution in [1.29, 1.82) is 0 Å². The lowest BCUT2D eigenvalue weighted by Gasteiger charge is -2.36. The van der Waals surface area contributed by atoms with Crippen LogP contribution in [0.5, 0.6) is 11.5 Å². The van der Waals surface area contributed by atoms with Gasteiger partial charge in [0.25, 0.3) is 0 Å². The molecule has 294 valence electrons.